The molecule has 0 aromatic carbocycles. The number of imidazole rings is 1. The van der Waals surface area contributed by atoms with Crippen molar-refractivity contribution in [3.8, 4) is 0 Å². The molecule has 4 aliphatic rings. The molecule has 5 rings (SSSR count). The number of hydrogen-bond donors (Lipinski definition) is 0. The van der Waals surface area contributed by atoms with Crippen LogP contribution in [-0.4, -0.2) is 125 Å². The van der Waals surface area contributed by atoms with Crippen LogP contribution < -0.4 is 4.57 Å². The Bertz CT molecular complexity index is 1120. The second-order valence-electron chi connectivity index (χ2n) is 23.2. The van der Waals surface area contributed by atoms with Crippen LogP contribution in [0.15, 0.2) is 18.7 Å². The molecule has 4 saturated heterocycles. The van der Waals surface area contributed by atoms with Gasteiger partial charge in [-0.3, -0.25) is 0 Å². The molecule has 57 heavy (non-hydrogen) atoms. The van der Waals surface area contributed by atoms with E-state index in [-0.39, 0.29) is 42.7 Å². The third-order valence-electron chi connectivity index (χ3n) is 14.7. The second-order valence-corrected chi connectivity index (χ2v) is 23.2. The molecular formula is C51H114N6. The minimum atomic E-state index is 0. The number of likely N-dealkylation sites (tertiary alicyclic amines) is 4. The molecule has 6 heteroatoms. The number of quaternary nitrogens is 4. The van der Waals surface area contributed by atoms with Gasteiger partial charge in [0, 0.05) is 19.3 Å². The molecule has 5 heterocycles. The van der Waals surface area contributed by atoms with Crippen molar-refractivity contribution >= 4 is 0 Å². The minimum Gasteiger partial charge on any atom is -0.358 e. The summed E-state index contributed by atoms with van der Waals surface area (Å²) in [5.74, 6) is 0. The smallest absolute Gasteiger partial charge is 0.243 e. The van der Waals surface area contributed by atoms with Crippen LogP contribution in [0.3, 0.4) is 0 Å². The summed E-state index contributed by atoms with van der Waals surface area (Å²) in [6.07, 6.45) is 20.5. The van der Waals surface area contributed by atoms with Crippen LogP contribution in [0.5, 0.6) is 0 Å². The van der Waals surface area contributed by atoms with E-state index in [0.717, 1.165) is 0 Å². The highest BCUT2D eigenvalue weighted by molar-refractivity contribution is 4.78. The summed E-state index contributed by atoms with van der Waals surface area (Å²) in [6, 6.07) is 0. The molecule has 0 N–H and O–H groups in total. The maximum Gasteiger partial charge on any atom is 0.243 e. The van der Waals surface area contributed by atoms with Gasteiger partial charge < -0.3 is 55.1 Å². The molecule has 0 aliphatic carbocycles. The highest BCUT2D eigenvalue weighted by atomic mass is 15.4. The van der Waals surface area contributed by atoms with Crippen molar-refractivity contribution in [3.05, 3.63) is 55.9 Å². The van der Waals surface area contributed by atoms with Gasteiger partial charge in [0.15, 0.2) is 0 Å². The Morgan fingerprint density at radius 3 is 0.719 bits per heavy atom. The van der Waals surface area contributed by atoms with Crippen molar-refractivity contribution in [2.24, 2.45) is 7.05 Å². The third-order valence-corrected chi connectivity index (χ3v) is 14.7. The fourth-order valence-electron chi connectivity index (χ4n) is 7.79. The highest BCUT2D eigenvalue weighted by Crippen LogP contribution is 2.30. The lowest BCUT2D eigenvalue weighted by Gasteiger charge is -2.51. The first-order chi connectivity index (χ1) is 23.3. The minimum absolute atomic E-state index is 0. The van der Waals surface area contributed by atoms with E-state index in [2.05, 4.69) is 149 Å². The summed E-state index contributed by atoms with van der Waals surface area (Å²) in [6.45, 7) is 45.8. The first-order valence-corrected chi connectivity index (χ1v) is 21.8. The van der Waals surface area contributed by atoms with Crippen molar-refractivity contribution in [2.45, 2.75) is 196 Å². The first kappa shape index (κ1) is 65.2. The van der Waals surface area contributed by atoms with Gasteiger partial charge in [-0.25, -0.2) is 9.13 Å². The molecule has 0 bridgehead atoms. The third kappa shape index (κ3) is 20.0. The van der Waals surface area contributed by atoms with E-state index in [1.54, 1.807) is 0 Å². The van der Waals surface area contributed by atoms with Crippen LogP contribution in [0.1, 0.15) is 168 Å². The van der Waals surface area contributed by atoms with E-state index in [9.17, 15) is 0 Å². The summed E-state index contributed by atoms with van der Waals surface area (Å²) in [4.78, 5) is 0. The maximum atomic E-state index is 2.42. The predicted molar refractivity (Wildman–Crippen MR) is 262 cm³/mol. The summed E-state index contributed by atoms with van der Waals surface area (Å²) in [5.41, 5.74) is 2.01. The van der Waals surface area contributed by atoms with Crippen LogP contribution in [0.25, 0.3) is 0 Å². The molecule has 4 fully saturated rings. The van der Waals surface area contributed by atoms with E-state index in [0.29, 0.717) is 22.2 Å². The summed E-state index contributed by atoms with van der Waals surface area (Å²) < 4.78 is 9.32. The topological polar surface area (TPSA) is 8.81 Å². The monoisotopic (exact) mass is 811 g/mol. The van der Waals surface area contributed by atoms with E-state index < -0.39 is 0 Å². The van der Waals surface area contributed by atoms with Gasteiger partial charge in [0.05, 0.1) is 110 Å². The van der Waals surface area contributed by atoms with Crippen LogP contribution in [-0.2, 0) is 12.6 Å². The van der Waals surface area contributed by atoms with Crippen molar-refractivity contribution in [3.63, 3.8) is 0 Å². The molecule has 348 valence electrons. The molecule has 1 aromatic heterocycles. The van der Waals surface area contributed by atoms with Gasteiger partial charge in [-0.1, -0.05) is 0 Å². The summed E-state index contributed by atoms with van der Waals surface area (Å²) in [5, 5.41) is 0. The number of piperidine rings is 1. The lowest BCUT2D eigenvalue weighted by Crippen LogP contribution is -2.64. The predicted octanol–water partition coefficient (Wildman–Crippen LogP) is 12.2. The molecule has 6 nitrogen and oxygen atoms in total. The molecule has 0 amide bonds. The zero-order valence-electron chi connectivity index (χ0n) is 44.6. The van der Waals surface area contributed by atoms with Crippen LogP contribution in [0.2, 0.25) is 0 Å². The maximum absolute atomic E-state index is 2.42. The molecule has 0 radical (unpaired) electrons. The molecular weight excluding hydrogens is 697 g/mol. The van der Waals surface area contributed by atoms with Gasteiger partial charge in [-0.15, -0.1) is 0 Å². The van der Waals surface area contributed by atoms with Gasteiger partial charge in [0.2, 0.25) is 6.33 Å². The van der Waals surface area contributed by atoms with E-state index in [4.69, 9.17) is 0 Å². The largest absolute Gasteiger partial charge is 0.358 e. The van der Waals surface area contributed by atoms with Crippen LogP contribution in [0.4, 0.5) is 0 Å². The summed E-state index contributed by atoms with van der Waals surface area (Å²) >= 11 is 0. The molecule has 4 aliphatic heterocycles. The fraction of sp³-hybridized carbons (Fsp3) is 0.843. The SMILES string of the molecule is CC(C)(C)[N+]1(C)CCC1.CC(C)(C)[N+]1(C)CCCC1.CC(C)(C)[N+]1(C)CCCCC1.CC(C)(C)[N+]1(C)CCCCCC1.C[n+]1ccn(C(C)(C)C)c1.[CH3-].[CH3-].[CH3-].[CH3-].[CH3-]. The number of hydrogen-bond acceptors (Lipinski definition) is 0. The van der Waals surface area contributed by atoms with Gasteiger partial charge in [0.1, 0.15) is 17.9 Å². The zero-order valence-corrected chi connectivity index (χ0v) is 44.6. The van der Waals surface area contributed by atoms with Crippen molar-refractivity contribution < 1.29 is 22.5 Å². The Hall–Kier alpha value is -0.950. The van der Waals surface area contributed by atoms with Gasteiger partial charge in [-0.2, -0.15) is 0 Å². The lowest BCUT2D eigenvalue weighted by atomic mass is 9.96. The Morgan fingerprint density at radius 1 is 0.368 bits per heavy atom. The van der Waals surface area contributed by atoms with E-state index >= 15 is 0 Å². The second kappa shape index (κ2) is 25.1. The molecule has 0 unspecified atom stereocenters. The number of rotatable bonds is 0. The van der Waals surface area contributed by atoms with Crippen LogP contribution >= 0.6 is 0 Å². The first-order valence-electron chi connectivity index (χ1n) is 21.8. The van der Waals surface area contributed by atoms with Crippen molar-refractivity contribution in [1.29, 1.82) is 0 Å². The normalized spacial score (nSPS) is 20.6. The van der Waals surface area contributed by atoms with Crippen LogP contribution in [0, 0.1) is 37.1 Å². The lowest BCUT2D eigenvalue weighted by molar-refractivity contribution is -0.987. The number of aryl methyl sites for hydroxylation is 1. The molecule has 0 spiro atoms. The summed E-state index contributed by atoms with van der Waals surface area (Å²) in [7, 11) is 11.6. The molecule has 1 aromatic rings. The Labute approximate surface area is 365 Å². The van der Waals surface area contributed by atoms with Gasteiger partial charge >= 0.3 is 0 Å². The Balaban J connectivity index is -0.000000194. The average Bonchev–Trinajstić information content (AvgIpc) is 3.56. The number of nitrogens with zero attached hydrogens (tertiary/aromatic N) is 6. The number of aromatic nitrogens is 2. The molecule has 0 atom stereocenters. The quantitative estimate of drug-likeness (QED) is 0.140. The fourth-order valence-corrected chi connectivity index (χ4v) is 7.79. The standard InChI is InChI=1S/C11H24N.C10H22N.C9H20N.C8H15N2.C8H18N.5CH3/c1-11(2,3)12(4)9-7-5-6-8-10-12;1-10(2,3)11(4)8-6-5-7-9-11;1-9(2,3)10(4)7-5-6-8-10;1-8(2,3)10-6-5-9(4)7-10;1-8(2,3)9(4)6-5-7-9;;;;;/h5-10H2,1-4H3;5-9H2,1-4H3;5-8H2,1-4H3;5-7H,1-4H3;5-7H2,1-4H3;5*1H3/q5*+1;5*-1. The van der Waals surface area contributed by atoms with Gasteiger partial charge in [0.25, 0.3) is 0 Å². The van der Waals surface area contributed by atoms with Crippen molar-refractivity contribution in [2.75, 3.05) is 80.5 Å². The average molecular weight is 812 g/mol. The van der Waals surface area contributed by atoms with Crippen molar-refractivity contribution in [1.82, 2.24) is 4.57 Å². The molecule has 0 saturated carbocycles. The van der Waals surface area contributed by atoms with Gasteiger partial charge in [-0.05, 0) is 149 Å². The Kier molecular flexibility index (Phi) is 28.7. The Morgan fingerprint density at radius 2 is 0.579 bits per heavy atom. The zero-order chi connectivity index (χ0) is 40.5. The highest BCUT2D eigenvalue weighted by Gasteiger charge is 2.42. The van der Waals surface area contributed by atoms with E-state index in [1.165, 1.54) is 134 Å². The van der Waals surface area contributed by atoms with E-state index in [1.807, 2.05) is 17.8 Å².